The second-order valence-corrected chi connectivity index (χ2v) is 8.60. The van der Waals surface area contributed by atoms with Crippen LogP contribution in [0.2, 0.25) is 0 Å². The normalized spacial score (nSPS) is 21.4. The first-order valence-corrected chi connectivity index (χ1v) is 10.5. The van der Waals surface area contributed by atoms with Crippen molar-refractivity contribution in [3.05, 3.63) is 60.2 Å². The molecule has 2 atom stereocenters. The summed E-state index contributed by atoms with van der Waals surface area (Å²) in [6.45, 7) is 0.651. The molecular weight excluding hydrogens is 362 g/mol. The third-order valence-electron chi connectivity index (χ3n) is 4.89. The summed E-state index contributed by atoms with van der Waals surface area (Å²) in [7, 11) is -3.69. The Balaban J connectivity index is 1.43. The molecule has 1 saturated carbocycles. The van der Waals surface area contributed by atoms with Crippen molar-refractivity contribution >= 4 is 27.5 Å². The van der Waals surface area contributed by atoms with Crippen LogP contribution >= 0.6 is 0 Å². The molecule has 0 saturated heterocycles. The van der Waals surface area contributed by atoms with Gasteiger partial charge in [0.15, 0.2) is 0 Å². The van der Waals surface area contributed by atoms with Crippen LogP contribution < -0.4 is 10.0 Å². The second kappa shape index (κ2) is 7.15. The van der Waals surface area contributed by atoms with Gasteiger partial charge in [-0.1, -0.05) is 36.4 Å². The molecule has 1 amide bonds. The van der Waals surface area contributed by atoms with Gasteiger partial charge in [0.1, 0.15) is 5.84 Å². The van der Waals surface area contributed by atoms with Gasteiger partial charge in [-0.05, 0) is 42.5 Å². The van der Waals surface area contributed by atoms with Gasteiger partial charge >= 0.3 is 0 Å². The van der Waals surface area contributed by atoms with Crippen molar-refractivity contribution in [2.75, 3.05) is 11.9 Å². The summed E-state index contributed by atoms with van der Waals surface area (Å²) in [4.78, 5) is 16.8. The van der Waals surface area contributed by atoms with Gasteiger partial charge < -0.3 is 5.32 Å². The molecule has 7 heteroatoms. The first kappa shape index (κ1) is 17.7. The van der Waals surface area contributed by atoms with E-state index in [0.717, 1.165) is 18.4 Å². The maximum atomic E-state index is 12.5. The van der Waals surface area contributed by atoms with E-state index in [0.29, 0.717) is 24.5 Å². The Morgan fingerprint density at radius 3 is 2.63 bits per heavy atom. The van der Waals surface area contributed by atoms with Crippen LogP contribution in [0.15, 0.2) is 64.5 Å². The fourth-order valence-electron chi connectivity index (χ4n) is 3.37. The first-order valence-electron chi connectivity index (χ1n) is 9.05. The molecular formula is C20H21N3O3S. The summed E-state index contributed by atoms with van der Waals surface area (Å²) < 4.78 is 27.5. The van der Waals surface area contributed by atoms with Gasteiger partial charge in [-0.2, -0.15) is 0 Å². The highest BCUT2D eigenvalue weighted by Crippen LogP contribution is 2.47. The van der Waals surface area contributed by atoms with Crippen LogP contribution in [0.25, 0.3) is 0 Å². The van der Waals surface area contributed by atoms with E-state index in [1.54, 1.807) is 12.1 Å². The lowest BCUT2D eigenvalue weighted by molar-refractivity contribution is -0.117. The van der Waals surface area contributed by atoms with Gasteiger partial charge in [-0.25, -0.2) is 8.42 Å². The van der Waals surface area contributed by atoms with E-state index in [1.807, 2.05) is 30.3 Å². The number of amidine groups is 1. The molecule has 2 aromatic rings. The highest BCUT2D eigenvalue weighted by Gasteiger charge is 2.43. The van der Waals surface area contributed by atoms with Gasteiger partial charge in [0.05, 0.1) is 4.90 Å². The van der Waals surface area contributed by atoms with Crippen LogP contribution in [0, 0.1) is 5.92 Å². The molecule has 27 heavy (non-hydrogen) atoms. The van der Waals surface area contributed by atoms with E-state index >= 15 is 0 Å². The molecule has 1 heterocycles. The second-order valence-electron chi connectivity index (χ2n) is 6.91. The maximum absolute atomic E-state index is 12.5. The van der Waals surface area contributed by atoms with Crippen LogP contribution in [0.3, 0.4) is 0 Å². The number of benzene rings is 2. The molecule has 140 valence electrons. The molecule has 0 aromatic heterocycles. The maximum Gasteiger partial charge on any atom is 0.262 e. The van der Waals surface area contributed by atoms with Crippen molar-refractivity contribution in [2.45, 2.75) is 30.1 Å². The van der Waals surface area contributed by atoms with Crippen LogP contribution in [-0.2, 0) is 14.8 Å². The summed E-state index contributed by atoms with van der Waals surface area (Å²) in [6.07, 6.45) is 2.31. The number of carbonyl (C=O) groups excluding carboxylic acids is 1. The van der Waals surface area contributed by atoms with E-state index in [9.17, 15) is 13.2 Å². The Labute approximate surface area is 158 Å². The zero-order valence-electron chi connectivity index (χ0n) is 14.8. The van der Waals surface area contributed by atoms with Crippen molar-refractivity contribution in [3.63, 3.8) is 0 Å². The summed E-state index contributed by atoms with van der Waals surface area (Å²) in [6, 6.07) is 16.3. The summed E-state index contributed by atoms with van der Waals surface area (Å²) in [5.41, 5.74) is 1.64. The lowest BCUT2D eigenvalue weighted by Gasteiger charge is -2.10. The molecule has 4 rings (SSSR count). The standard InChI is InChI=1S/C20H21N3O3S/c24-20(18-13-17(18)14-6-2-1-3-7-14)22-15-8-4-9-16(12-15)27(25,26)23-19-10-5-11-21-19/h1-4,6-9,12,17-18H,5,10-11,13H2,(H,21,23)(H,22,24). The van der Waals surface area contributed by atoms with Crippen molar-refractivity contribution in [1.29, 1.82) is 0 Å². The number of hydrogen-bond donors (Lipinski definition) is 2. The third-order valence-corrected chi connectivity index (χ3v) is 6.27. The molecule has 1 aliphatic heterocycles. The van der Waals surface area contributed by atoms with Crippen molar-refractivity contribution in [1.82, 2.24) is 4.72 Å². The predicted molar refractivity (Wildman–Crippen MR) is 104 cm³/mol. The zero-order valence-corrected chi connectivity index (χ0v) is 15.6. The smallest absolute Gasteiger partial charge is 0.262 e. The lowest BCUT2D eigenvalue weighted by Crippen LogP contribution is -2.29. The van der Waals surface area contributed by atoms with Gasteiger partial charge in [0, 0.05) is 24.6 Å². The SMILES string of the molecule is O=C(Nc1cccc(S(=O)(=O)NC2=NCCC2)c1)C1CC1c1ccccc1. The van der Waals surface area contributed by atoms with E-state index in [-0.39, 0.29) is 22.6 Å². The average molecular weight is 383 g/mol. The van der Waals surface area contributed by atoms with Crippen LogP contribution in [0.4, 0.5) is 5.69 Å². The number of sulfonamides is 1. The van der Waals surface area contributed by atoms with E-state index in [1.165, 1.54) is 12.1 Å². The van der Waals surface area contributed by atoms with E-state index in [2.05, 4.69) is 15.0 Å². The van der Waals surface area contributed by atoms with Gasteiger partial charge in [0.25, 0.3) is 10.0 Å². The van der Waals surface area contributed by atoms with E-state index in [4.69, 9.17) is 0 Å². The minimum atomic E-state index is -3.69. The van der Waals surface area contributed by atoms with Crippen LogP contribution in [0.5, 0.6) is 0 Å². The number of hydrogen-bond acceptors (Lipinski definition) is 4. The van der Waals surface area contributed by atoms with Gasteiger partial charge in [0.2, 0.25) is 5.91 Å². The molecule has 2 aliphatic rings. The number of rotatable bonds is 5. The number of carbonyl (C=O) groups is 1. The van der Waals surface area contributed by atoms with Crippen molar-refractivity contribution in [2.24, 2.45) is 10.9 Å². The van der Waals surface area contributed by atoms with Gasteiger partial charge in [-0.15, -0.1) is 0 Å². The molecule has 2 N–H and O–H groups in total. The van der Waals surface area contributed by atoms with Crippen LogP contribution in [-0.4, -0.2) is 26.7 Å². The topological polar surface area (TPSA) is 87.6 Å². The Hall–Kier alpha value is -2.67. The molecule has 2 unspecified atom stereocenters. The Bertz CT molecular complexity index is 987. The molecule has 0 bridgehead atoms. The summed E-state index contributed by atoms with van der Waals surface area (Å²) in [5, 5.41) is 2.85. The summed E-state index contributed by atoms with van der Waals surface area (Å²) >= 11 is 0. The Kier molecular flexibility index (Phi) is 4.70. The largest absolute Gasteiger partial charge is 0.326 e. The minimum absolute atomic E-state index is 0.0707. The number of aliphatic imine (C=N–C) groups is 1. The molecule has 0 spiro atoms. The quantitative estimate of drug-likeness (QED) is 0.832. The highest BCUT2D eigenvalue weighted by atomic mass is 32.2. The highest BCUT2D eigenvalue weighted by molar-refractivity contribution is 7.90. The van der Waals surface area contributed by atoms with Gasteiger partial charge in [-0.3, -0.25) is 14.5 Å². The average Bonchev–Trinajstić information content (AvgIpc) is 3.33. The molecule has 1 aliphatic carbocycles. The molecule has 6 nitrogen and oxygen atoms in total. The number of nitrogens with one attached hydrogen (secondary N) is 2. The fraction of sp³-hybridized carbons (Fsp3) is 0.300. The van der Waals surface area contributed by atoms with E-state index < -0.39 is 10.0 Å². The molecule has 1 fully saturated rings. The van der Waals surface area contributed by atoms with Crippen molar-refractivity contribution in [3.8, 4) is 0 Å². The number of nitrogens with zero attached hydrogens (tertiary/aromatic N) is 1. The lowest BCUT2D eigenvalue weighted by atomic mass is 10.1. The minimum Gasteiger partial charge on any atom is -0.326 e. The first-order chi connectivity index (χ1) is 13.0. The van der Waals surface area contributed by atoms with Crippen LogP contribution in [0.1, 0.15) is 30.7 Å². The Morgan fingerprint density at radius 1 is 1.07 bits per heavy atom. The molecule has 0 radical (unpaired) electrons. The summed E-state index contributed by atoms with van der Waals surface area (Å²) in [5.74, 6) is 0.582. The zero-order chi connectivity index (χ0) is 18.9. The predicted octanol–water partition coefficient (Wildman–Crippen LogP) is 2.90. The monoisotopic (exact) mass is 383 g/mol. The Morgan fingerprint density at radius 2 is 1.89 bits per heavy atom. The van der Waals surface area contributed by atoms with Crippen molar-refractivity contribution < 1.29 is 13.2 Å². The number of anilines is 1. The molecule has 2 aromatic carbocycles. The number of amides is 1. The third kappa shape index (κ3) is 4.03. The fourth-order valence-corrected chi connectivity index (χ4v) is 4.50.